The van der Waals surface area contributed by atoms with E-state index in [4.69, 9.17) is 4.74 Å². The van der Waals surface area contributed by atoms with Crippen LogP contribution in [0, 0.1) is 10.1 Å². The van der Waals surface area contributed by atoms with Crippen LogP contribution in [0.1, 0.15) is 31.7 Å². The molecule has 0 aliphatic carbocycles. The van der Waals surface area contributed by atoms with Crippen LogP contribution in [0.4, 0.5) is 5.69 Å². The van der Waals surface area contributed by atoms with Gasteiger partial charge in [0.1, 0.15) is 0 Å². The predicted octanol–water partition coefficient (Wildman–Crippen LogP) is 2.71. The Morgan fingerprint density at radius 2 is 2.25 bits per heavy atom. The molecule has 0 N–H and O–H groups in total. The number of esters is 1. The summed E-state index contributed by atoms with van der Waals surface area (Å²) in [6, 6.07) is 0. The highest BCUT2D eigenvalue weighted by atomic mass is 32.1. The highest BCUT2D eigenvalue weighted by molar-refractivity contribution is 7.08. The summed E-state index contributed by atoms with van der Waals surface area (Å²) in [6.07, 6.45) is 0.496. The monoisotopic (exact) mass is 243 g/mol. The fourth-order valence-electron chi connectivity index (χ4n) is 1.47. The molecule has 1 aromatic rings. The fourth-order valence-corrected chi connectivity index (χ4v) is 2.32. The van der Waals surface area contributed by atoms with Gasteiger partial charge in [-0.3, -0.25) is 14.9 Å². The van der Waals surface area contributed by atoms with Crippen molar-refractivity contribution in [3.63, 3.8) is 0 Å². The van der Waals surface area contributed by atoms with E-state index in [1.165, 1.54) is 16.7 Å². The van der Waals surface area contributed by atoms with Crippen LogP contribution in [-0.2, 0) is 9.53 Å². The fraction of sp³-hybridized carbons (Fsp3) is 0.500. The maximum atomic E-state index is 11.6. The minimum atomic E-state index is -0.536. The lowest BCUT2D eigenvalue weighted by atomic mass is 9.98. The first-order chi connectivity index (χ1) is 7.61. The van der Waals surface area contributed by atoms with Crippen molar-refractivity contribution in [1.29, 1.82) is 0 Å². The molecule has 0 spiro atoms. The molecule has 0 radical (unpaired) electrons. The molecule has 1 unspecified atom stereocenters. The number of carbonyl (C=O) groups excluding carboxylic acids is 1. The summed E-state index contributed by atoms with van der Waals surface area (Å²) in [7, 11) is 0. The second-order valence-corrected chi connectivity index (χ2v) is 3.93. The topological polar surface area (TPSA) is 69.4 Å². The quantitative estimate of drug-likeness (QED) is 0.453. The van der Waals surface area contributed by atoms with Crippen LogP contribution in [0.5, 0.6) is 0 Å². The van der Waals surface area contributed by atoms with Gasteiger partial charge in [-0.05, 0) is 13.3 Å². The normalized spacial score (nSPS) is 12.1. The molecular formula is C10H13NO4S. The molecular weight excluding hydrogens is 230 g/mol. The average Bonchev–Trinajstić information content (AvgIpc) is 2.68. The standard InChI is InChI=1S/C10H13NO4S/c1-3-7(10(12)15-4-2)8-5-16-6-9(8)11(13)14/h5-7H,3-4H2,1-2H3. The van der Waals surface area contributed by atoms with E-state index in [-0.39, 0.29) is 12.3 Å². The number of nitrogens with zero attached hydrogens (tertiary/aromatic N) is 1. The van der Waals surface area contributed by atoms with Crippen molar-refractivity contribution >= 4 is 23.0 Å². The Balaban J connectivity index is 2.99. The van der Waals surface area contributed by atoms with Gasteiger partial charge in [0, 0.05) is 5.38 Å². The number of ether oxygens (including phenoxy) is 1. The summed E-state index contributed by atoms with van der Waals surface area (Å²) in [5, 5.41) is 13.8. The molecule has 1 aromatic heterocycles. The molecule has 1 rings (SSSR count). The number of hydrogen-bond acceptors (Lipinski definition) is 5. The van der Waals surface area contributed by atoms with Gasteiger partial charge < -0.3 is 4.74 Å². The maximum absolute atomic E-state index is 11.6. The van der Waals surface area contributed by atoms with Gasteiger partial charge in [-0.2, -0.15) is 0 Å². The Bertz CT molecular complexity index is 388. The summed E-state index contributed by atoms with van der Waals surface area (Å²) < 4.78 is 4.90. The third kappa shape index (κ3) is 2.57. The minimum Gasteiger partial charge on any atom is -0.466 e. The van der Waals surface area contributed by atoms with E-state index in [0.29, 0.717) is 12.0 Å². The first-order valence-electron chi connectivity index (χ1n) is 4.98. The Morgan fingerprint density at radius 1 is 1.56 bits per heavy atom. The van der Waals surface area contributed by atoms with E-state index in [0.717, 1.165) is 0 Å². The number of nitro groups is 1. The van der Waals surface area contributed by atoms with Gasteiger partial charge in [0.2, 0.25) is 0 Å². The van der Waals surface area contributed by atoms with Gasteiger partial charge in [0.05, 0.1) is 28.4 Å². The molecule has 0 aliphatic rings. The molecule has 0 saturated carbocycles. The zero-order chi connectivity index (χ0) is 12.1. The number of rotatable bonds is 5. The molecule has 0 aromatic carbocycles. The van der Waals surface area contributed by atoms with E-state index in [1.807, 2.05) is 6.92 Å². The van der Waals surface area contributed by atoms with Gasteiger partial charge in [-0.25, -0.2) is 0 Å². The summed E-state index contributed by atoms with van der Waals surface area (Å²) in [5.41, 5.74) is 0.459. The van der Waals surface area contributed by atoms with E-state index < -0.39 is 16.8 Å². The molecule has 5 nitrogen and oxygen atoms in total. The van der Waals surface area contributed by atoms with Crippen molar-refractivity contribution in [3.8, 4) is 0 Å². The summed E-state index contributed by atoms with van der Waals surface area (Å²) in [4.78, 5) is 21.9. The van der Waals surface area contributed by atoms with Crippen LogP contribution in [0.3, 0.4) is 0 Å². The first kappa shape index (κ1) is 12.6. The summed E-state index contributed by atoms with van der Waals surface area (Å²) in [6.45, 7) is 3.81. The van der Waals surface area contributed by atoms with Crippen LogP contribution in [0.2, 0.25) is 0 Å². The third-order valence-corrected chi connectivity index (χ3v) is 2.97. The lowest BCUT2D eigenvalue weighted by Gasteiger charge is -2.11. The van der Waals surface area contributed by atoms with E-state index in [1.54, 1.807) is 12.3 Å². The van der Waals surface area contributed by atoms with Crippen molar-refractivity contribution in [2.45, 2.75) is 26.2 Å². The molecule has 0 aliphatic heterocycles. The zero-order valence-corrected chi connectivity index (χ0v) is 9.95. The van der Waals surface area contributed by atoms with Crippen molar-refractivity contribution < 1.29 is 14.5 Å². The second-order valence-electron chi connectivity index (χ2n) is 3.18. The first-order valence-corrected chi connectivity index (χ1v) is 5.93. The van der Waals surface area contributed by atoms with Crippen molar-refractivity contribution in [2.75, 3.05) is 6.61 Å². The Labute approximate surface area is 97.2 Å². The summed E-state index contributed by atoms with van der Waals surface area (Å²) in [5.74, 6) is -0.932. The SMILES string of the molecule is CCOC(=O)C(CC)c1cscc1[N+](=O)[O-]. The molecule has 6 heteroatoms. The third-order valence-electron chi connectivity index (χ3n) is 2.22. The molecule has 0 fully saturated rings. The van der Waals surface area contributed by atoms with E-state index in [2.05, 4.69) is 0 Å². The van der Waals surface area contributed by atoms with Gasteiger partial charge >= 0.3 is 5.97 Å². The van der Waals surface area contributed by atoms with Gasteiger partial charge in [-0.15, -0.1) is 11.3 Å². The predicted molar refractivity (Wildman–Crippen MR) is 60.6 cm³/mol. The zero-order valence-electron chi connectivity index (χ0n) is 9.13. The molecule has 0 saturated heterocycles. The largest absolute Gasteiger partial charge is 0.466 e. The van der Waals surface area contributed by atoms with Gasteiger partial charge in [0.25, 0.3) is 5.69 Å². The molecule has 0 amide bonds. The van der Waals surface area contributed by atoms with E-state index in [9.17, 15) is 14.9 Å². The summed E-state index contributed by atoms with van der Waals surface area (Å²) >= 11 is 1.22. The lowest BCUT2D eigenvalue weighted by molar-refractivity contribution is -0.385. The molecule has 0 bridgehead atoms. The number of thiophene rings is 1. The molecule has 1 heterocycles. The van der Waals surface area contributed by atoms with Crippen LogP contribution < -0.4 is 0 Å². The van der Waals surface area contributed by atoms with E-state index >= 15 is 0 Å². The highest BCUT2D eigenvalue weighted by Gasteiger charge is 2.28. The smallest absolute Gasteiger partial charge is 0.313 e. The molecule has 1 atom stereocenters. The number of hydrogen-bond donors (Lipinski definition) is 0. The Kier molecular flexibility index (Phi) is 4.42. The van der Waals surface area contributed by atoms with Gasteiger partial charge in [-0.1, -0.05) is 6.92 Å². The number of carbonyl (C=O) groups is 1. The Morgan fingerprint density at radius 3 is 2.75 bits per heavy atom. The van der Waals surface area contributed by atoms with Crippen LogP contribution in [0.25, 0.3) is 0 Å². The van der Waals surface area contributed by atoms with Crippen LogP contribution in [0.15, 0.2) is 10.8 Å². The Hall–Kier alpha value is -1.43. The lowest BCUT2D eigenvalue weighted by Crippen LogP contribution is -2.15. The van der Waals surface area contributed by atoms with Gasteiger partial charge in [0.15, 0.2) is 0 Å². The van der Waals surface area contributed by atoms with Crippen molar-refractivity contribution in [1.82, 2.24) is 0 Å². The second kappa shape index (κ2) is 5.60. The minimum absolute atomic E-state index is 0.00454. The van der Waals surface area contributed by atoms with Crippen LogP contribution >= 0.6 is 11.3 Å². The molecule has 16 heavy (non-hydrogen) atoms. The molecule has 88 valence electrons. The van der Waals surface area contributed by atoms with Crippen molar-refractivity contribution in [2.24, 2.45) is 0 Å². The highest BCUT2D eigenvalue weighted by Crippen LogP contribution is 2.32. The van der Waals surface area contributed by atoms with Crippen LogP contribution in [-0.4, -0.2) is 17.5 Å². The maximum Gasteiger partial charge on any atom is 0.313 e. The van der Waals surface area contributed by atoms with Crippen molar-refractivity contribution in [3.05, 3.63) is 26.4 Å². The average molecular weight is 243 g/mol.